The summed E-state index contributed by atoms with van der Waals surface area (Å²) >= 11 is 0. The molecular formula is C19H19NO6. The van der Waals surface area contributed by atoms with Gasteiger partial charge >= 0.3 is 5.97 Å². The lowest BCUT2D eigenvalue weighted by molar-refractivity contribution is -0.118. The number of para-hydroxylation sites is 1. The minimum atomic E-state index is -0.490. The smallest absolute Gasteiger partial charge is 0.341 e. The molecule has 26 heavy (non-hydrogen) atoms. The number of amides is 1. The van der Waals surface area contributed by atoms with E-state index in [1.807, 2.05) is 0 Å². The summed E-state index contributed by atoms with van der Waals surface area (Å²) in [5.41, 5.74) is 0.850. The molecule has 7 nitrogen and oxygen atoms in total. The van der Waals surface area contributed by atoms with Crippen LogP contribution < -0.4 is 19.5 Å². The number of hydrogen-bond acceptors (Lipinski definition) is 6. The van der Waals surface area contributed by atoms with Crippen LogP contribution in [-0.2, 0) is 9.53 Å². The van der Waals surface area contributed by atoms with Gasteiger partial charge in [-0.05, 0) is 31.2 Å². The molecule has 0 aromatic heterocycles. The molecule has 1 aliphatic heterocycles. The summed E-state index contributed by atoms with van der Waals surface area (Å²) in [6.45, 7) is 2.72. The van der Waals surface area contributed by atoms with Gasteiger partial charge in [-0.1, -0.05) is 12.1 Å². The van der Waals surface area contributed by atoms with Crippen LogP contribution in [0, 0.1) is 0 Å². The molecule has 0 fully saturated rings. The van der Waals surface area contributed by atoms with Crippen molar-refractivity contribution in [3.63, 3.8) is 0 Å². The number of ether oxygens (including phenoxy) is 4. The number of benzene rings is 2. The van der Waals surface area contributed by atoms with E-state index in [9.17, 15) is 9.59 Å². The molecule has 0 saturated carbocycles. The van der Waals surface area contributed by atoms with Gasteiger partial charge in [0.2, 0.25) is 0 Å². The summed E-state index contributed by atoms with van der Waals surface area (Å²) in [4.78, 5) is 24.0. The first-order chi connectivity index (χ1) is 12.7. The van der Waals surface area contributed by atoms with Gasteiger partial charge in [0.25, 0.3) is 5.91 Å². The number of rotatable bonds is 6. The van der Waals surface area contributed by atoms with E-state index >= 15 is 0 Å². The Labute approximate surface area is 150 Å². The first-order valence-corrected chi connectivity index (χ1v) is 8.26. The van der Waals surface area contributed by atoms with Crippen molar-refractivity contribution in [2.45, 2.75) is 6.92 Å². The average molecular weight is 357 g/mol. The molecule has 1 heterocycles. The third-order valence-electron chi connectivity index (χ3n) is 3.57. The first kappa shape index (κ1) is 17.6. The van der Waals surface area contributed by atoms with Gasteiger partial charge in [-0.25, -0.2) is 4.79 Å². The second kappa shape index (κ2) is 8.24. The van der Waals surface area contributed by atoms with Crippen LogP contribution >= 0.6 is 0 Å². The Morgan fingerprint density at radius 2 is 1.85 bits per heavy atom. The van der Waals surface area contributed by atoms with Crippen LogP contribution in [0.25, 0.3) is 0 Å². The van der Waals surface area contributed by atoms with Crippen molar-refractivity contribution in [2.24, 2.45) is 0 Å². The number of anilines is 1. The van der Waals surface area contributed by atoms with Crippen LogP contribution in [0.4, 0.5) is 5.69 Å². The zero-order chi connectivity index (χ0) is 18.4. The molecule has 7 heteroatoms. The normalized spacial score (nSPS) is 12.2. The Balaban J connectivity index is 1.60. The highest BCUT2D eigenvalue weighted by Gasteiger charge is 2.15. The van der Waals surface area contributed by atoms with E-state index in [2.05, 4.69) is 5.32 Å². The summed E-state index contributed by atoms with van der Waals surface area (Å²) in [6, 6.07) is 11.8. The van der Waals surface area contributed by atoms with E-state index in [1.54, 1.807) is 49.4 Å². The predicted octanol–water partition coefficient (Wildman–Crippen LogP) is 2.65. The summed E-state index contributed by atoms with van der Waals surface area (Å²) in [5.74, 6) is 0.676. The minimum absolute atomic E-state index is 0.245. The molecule has 0 spiro atoms. The Morgan fingerprint density at radius 1 is 1.08 bits per heavy atom. The van der Waals surface area contributed by atoms with Crippen molar-refractivity contribution in [3.8, 4) is 17.2 Å². The van der Waals surface area contributed by atoms with Gasteiger partial charge in [0, 0.05) is 11.8 Å². The number of esters is 1. The molecule has 0 saturated heterocycles. The highest BCUT2D eigenvalue weighted by molar-refractivity contribution is 5.94. The third-order valence-corrected chi connectivity index (χ3v) is 3.57. The van der Waals surface area contributed by atoms with Gasteiger partial charge in [0.15, 0.2) is 18.1 Å². The Morgan fingerprint density at radius 3 is 2.65 bits per heavy atom. The third kappa shape index (κ3) is 4.24. The summed E-state index contributed by atoms with van der Waals surface area (Å²) < 4.78 is 21.4. The monoisotopic (exact) mass is 357 g/mol. The van der Waals surface area contributed by atoms with E-state index in [0.717, 1.165) is 0 Å². The fourth-order valence-corrected chi connectivity index (χ4v) is 2.43. The number of fused-ring (bicyclic) bond motifs is 1. The lowest BCUT2D eigenvalue weighted by Crippen LogP contribution is -2.21. The SMILES string of the molecule is CCOC(=O)c1ccccc1OCC(=O)Nc1ccc2c(c1)OCCO2. The summed E-state index contributed by atoms with van der Waals surface area (Å²) in [7, 11) is 0. The van der Waals surface area contributed by atoms with Crippen LogP contribution in [0.15, 0.2) is 42.5 Å². The van der Waals surface area contributed by atoms with Crippen molar-refractivity contribution in [2.75, 3.05) is 31.7 Å². The highest BCUT2D eigenvalue weighted by Crippen LogP contribution is 2.32. The fraction of sp³-hybridized carbons (Fsp3) is 0.263. The largest absolute Gasteiger partial charge is 0.486 e. The zero-order valence-corrected chi connectivity index (χ0v) is 14.3. The van der Waals surface area contributed by atoms with Gasteiger partial charge in [-0.15, -0.1) is 0 Å². The number of nitrogens with one attached hydrogen (secondary N) is 1. The number of hydrogen-bond donors (Lipinski definition) is 1. The maximum atomic E-state index is 12.1. The van der Waals surface area contributed by atoms with Gasteiger partial charge in [-0.3, -0.25) is 4.79 Å². The Kier molecular flexibility index (Phi) is 5.58. The second-order valence-electron chi connectivity index (χ2n) is 5.41. The van der Waals surface area contributed by atoms with Crippen LogP contribution in [-0.4, -0.2) is 38.3 Å². The molecule has 3 rings (SSSR count). The minimum Gasteiger partial charge on any atom is -0.486 e. The van der Waals surface area contributed by atoms with Crippen molar-refractivity contribution < 1.29 is 28.5 Å². The van der Waals surface area contributed by atoms with Gasteiger partial charge in [-0.2, -0.15) is 0 Å². The predicted molar refractivity (Wildman–Crippen MR) is 94.0 cm³/mol. The molecular weight excluding hydrogens is 338 g/mol. The molecule has 0 bridgehead atoms. The molecule has 1 aliphatic rings. The molecule has 0 atom stereocenters. The van der Waals surface area contributed by atoms with E-state index < -0.39 is 5.97 Å². The van der Waals surface area contributed by atoms with Crippen LogP contribution in [0.3, 0.4) is 0 Å². The number of carbonyl (C=O) groups is 2. The molecule has 1 N–H and O–H groups in total. The molecule has 136 valence electrons. The molecule has 1 amide bonds. The summed E-state index contributed by atoms with van der Waals surface area (Å²) in [6.07, 6.45) is 0. The van der Waals surface area contributed by atoms with Gasteiger partial charge in [0.1, 0.15) is 24.5 Å². The highest BCUT2D eigenvalue weighted by atomic mass is 16.6. The van der Waals surface area contributed by atoms with E-state index in [-0.39, 0.29) is 24.7 Å². The quantitative estimate of drug-likeness (QED) is 0.801. The summed E-state index contributed by atoms with van der Waals surface area (Å²) in [5, 5.41) is 2.72. The van der Waals surface area contributed by atoms with Crippen molar-refractivity contribution in [1.29, 1.82) is 0 Å². The average Bonchev–Trinajstić information content (AvgIpc) is 2.66. The van der Waals surface area contributed by atoms with Gasteiger partial charge in [0.05, 0.1) is 6.61 Å². The lowest BCUT2D eigenvalue weighted by Gasteiger charge is -2.19. The maximum Gasteiger partial charge on any atom is 0.341 e. The van der Waals surface area contributed by atoms with Crippen molar-refractivity contribution in [1.82, 2.24) is 0 Å². The molecule has 2 aromatic rings. The molecule has 2 aromatic carbocycles. The van der Waals surface area contributed by atoms with Crippen molar-refractivity contribution >= 4 is 17.6 Å². The second-order valence-corrected chi connectivity index (χ2v) is 5.41. The Hall–Kier alpha value is -3.22. The first-order valence-electron chi connectivity index (χ1n) is 8.26. The molecule has 0 unspecified atom stereocenters. The van der Waals surface area contributed by atoms with Crippen molar-refractivity contribution in [3.05, 3.63) is 48.0 Å². The van der Waals surface area contributed by atoms with E-state index in [0.29, 0.717) is 36.1 Å². The fourth-order valence-electron chi connectivity index (χ4n) is 2.43. The van der Waals surface area contributed by atoms with Crippen LogP contribution in [0.5, 0.6) is 17.2 Å². The van der Waals surface area contributed by atoms with Gasteiger partial charge < -0.3 is 24.3 Å². The maximum absolute atomic E-state index is 12.1. The zero-order valence-electron chi connectivity index (χ0n) is 14.3. The van der Waals surface area contributed by atoms with Crippen LogP contribution in [0.1, 0.15) is 17.3 Å². The van der Waals surface area contributed by atoms with Crippen LogP contribution in [0.2, 0.25) is 0 Å². The van der Waals surface area contributed by atoms with E-state index in [1.165, 1.54) is 0 Å². The topological polar surface area (TPSA) is 83.1 Å². The van der Waals surface area contributed by atoms with E-state index in [4.69, 9.17) is 18.9 Å². The molecule has 0 radical (unpaired) electrons. The lowest BCUT2D eigenvalue weighted by atomic mass is 10.2. The number of carbonyl (C=O) groups excluding carboxylic acids is 2. The Bertz CT molecular complexity index is 804. The standard InChI is InChI=1S/C19H19NO6/c1-2-23-19(22)14-5-3-4-6-15(14)26-12-18(21)20-13-7-8-16-17(11-13)25-10-9-24-16/h3-8,11H,2,9-10,12H2,1H3,(H,20,21). The molecule has 0 aliphatic carbocycles.